The van der Waals surface area contributed by atoms with Crippen LogP contribution in [0.25, 0.3) is 44.2 Å². The molecule has 36 heavy (non-hydrogen) atoms. The monoisotopic (exact) mass is 466 g/mol. The highest BCUT2D eigenvalue weighted by molar-refractivity contribution is 5.91. The fourth-order valence-electron chi connectivity index (χ4n) is 5.48. The summed E-state index contributed by atoms with van der Waals surface area (Å²) in [5.74, 6) is 0. The summed E-state index contributed by atoms with van der Waals surface area (Å²) in [4.78, 5) is 15.5. The highest BCUT2D eigenvalue weighted by Gasteiger charge is 2.20. The summed E-state index contributed by atoms with van der Waals surface area (Å²) in [7, 11) is 0. The maximum Gasteiger partial charge on any atom is 0.0788 e. The van der Waals surface area contributed by atoms with Gasteiger partial charge in [0.05, 0.1) is 11.2 Å². The Kier molecular flexibility index (Phi) is 5.11. The fourth-order valence-corrected chi connectivity index (χ4v) is 5.48. The molecule has 7 rings (SSSR count). The third kappa shape index (κ3) is 3.76. The maximum atomic E-state index is 5.06. The van der Waals surface area contributed by atoms with Crippen LogP contribution >= 0.6 is 0 Å². The number of aromatic amines is 1. The first-order chi connectivity index (χ1) is 17.8. The first-order valence-corrected chi connectivity index (χ1v) is 12.5. The molecule has 0 atom stereocenters. The topological polar surface area (TPSA) is 44.8 Å². The molecule has 1 N–H and O–H groups in total. The lowest BCUT2D eigenvalue weighted by Crippen LogP contribution is -2.29. The largest absolute Gasteiger partial charge is 0.357 e. The zero-order valence-electron chi connectivity index (χ0n) is 20.0. The predicted molar refractivity (Wildman–Crippen MR) is 147 cm³/mol. The van der Waals surface area contributed by atoms with Gasteiger partial charge in [0.1, 0.15) is 0 Å². The van der Waals surface area contributed by atoms with Gasteiger partial charge in [0.2, 0.25) is 0 Å². The maximum absolute atomic E-state index is 5.06. The van der Waals surface area contributed by atoms with E-state index < -0.39 is 0 Å². The van der Waals surface area contributed by atoms with E-state index in [4.69, 9.17) is 4.98 Å². The average molecular weight is 467 g/mol. The van der Waals surface area contributed by atoms with Crippen molar-refractivity contribution >= 4 is 21.8 Å². The first-order valence-electron chi connectivity index (χ1n) is 12.5. The van der Waals surface area contributed by atoms with Crippen molar-refractivity contribution in [1.29, 1.82) is 0 Å². The lowest BCUT2D eigenvalue weighted by molar-refractivity contribution is 0.243. The van der Waals surface area contributed by atoms with Crippen LogP contribution in [0.4, 0.5) is 0 Å². The summed E-state index contributed by atoms with van der Waals surface area (Å²) in [5, 5.41) is 2.43. The molecule has 0 spiro atoms. The molecule has 0 radical (unpaired) electrons. The Hall–Kier alpha value is -4.28. The predicted octanol–water partition coefficient (Wildman–Crippen LogP) is 7.00. The van der Waals surface area contributed by atoms with Crippen LogP contribution in [0.3, 0.4) is 0 Å². The molecule has 3 aromatic heterocycles. The molecule has 0 fully saturated rings. The highest BCUT2D eigenvalue weighted by atomic mass is 15.1. The Morgan fingerprint density at radius 1 is 0.833 bits per heavy atom. The molecule has 0 saturated carbocycles. The summed E-state index contributed by atoms with van der Waals surface area (Å²) in [5.41, 5.74) is 10.8. The zero-order chi connectivity index (χ0) is 23.9. The summed E-state index contributed by atoms with van der Waals surface area (Å²) in [6, 6.07) is 32.3. The van der Waals surface area contributed by atoms with Crippen LogP contribution in [0, 0.1) is 0 Å². The van der Waals surface area contributed by atoms with E-state index in [9.17, 15) is 0 Å². The Bertz CT molecular complexity index is 1680. The summed E-state index contributed by atoms with van der Waals surface area (Å²) < 4.78 is 0. The van der Waals surface area contributed by atoms with Gasteiger partial charge in [-0.2, -0.15) is 0 Å². The zero-order valence-corrected chi connectivity index (χ0v) is 20.0. The second-order valence-corrected chi connectivity index (χ2v) is 9.60. The van der Waals surface area contributed by atoms with Crippen LogP contribution in [0.5, 0.6) is 0 Å². The molecule has 0 amide bonds. The highest BCUT2D eigenvalue weighted by Crippen LogP contribution is 2.34. The van der Waals surface area contributed by atoms with Crippen molar-refractivity contribution in [3.63, 3.8) is 0 Å². The van der Waals surface area contributed by atoms with Crippen LogP contribution in [-0.4, -0.2) is 26.4 Å². The number of rotatable bonds is 4. The molecule has 4 heterocycles. The Labute approximate surface area is 210 Å². The minimum atomic E-state index is 0.942. The molecule has 1 aliphatic heterocycles. The Morgan fingerprint density at radius 3 is 2.56 bits per heavy atom. The molecule has 0 aliphatic carbocycles. The molecule has 6 aromatic rings. The smallest absolute Gasteiger partial charge is 0.0788 e. The number of hydrogen-bond acceptors (Lipinski definition) is 3. The van der Waals surface area contributed by atoms with Crippen molar-refractivity contribution in [3.8, 4) is 22.4 Å². The summed E-state index contributed by atoms with van der Waals surface area (Å²) in [6.45, 7) is 2.98. The van der Waals surface area contributed by atoms with Gasteiger partial charge >= 0.3 is 0 Å². The van der Waals surface area contributed by atoms with Crippen LogP contribution < -0.4 is 0 Å². The van der Waals surface area contributed by atoms with Crippen molar-refractivity contribution < 1.29 is 0 Å². The third-order valence-corrected chi connectivity index (χ3v) is 7.30. The van der Waals surface area contributed by atoms with Gasteiger partial charge < -0.3 is 4.98 Å². The van der Waals surface area contributed by atoms with Crippen molar-refractivity contribution in [1.82, 2.24) is 19.9 Å². The van der Waals surface area contributed by atoms with Crippen molar-refractivity contribution in [2.75, 3.05) is 6.54 Å². The first kappa shape index (κ1) is 21.0. The SMILES string of the molecule is c1ccc(-c2cc3cnccc3nc2-c2ccc(CN3CCc4c([nH]c5ccccc45)C3)cc2)cc1. The fraction of sp³-hybridized carbons (Fsp3) is 0.125. The van der Waals surface area contributed by atoms with Crippen LogP contribution in [0.15, 0.2) is 103 Å². The molecule has 3 aromatic carbocycles. The van der Waals surface area contributed by atoms with E-state index in [1.165, 1.54) is 27.7 Å². The van der Waals surface area contributed by atoms with Gasteiger partial charge in [0.15, 0.2) is 0 Å². The molecule has 0 bridgehead atoms. The van der Waals surface area contributed by atoms with Crippen molar-refractivity contribution in [2.24, 2.45) is 0 Å². The summed E-state index contributed by atoms with van der Waals surface area (Å²) >= 11 is 0. The molecule has 1 aliphatic rings. The molecule has 0 unspecified atom stereocenters. The van der Waals surface area contributed by atoms with E-state index in [1.54, 1.807) is 0 Å². The van der Waals surface area contributed by atoms with E-state index in [2.05, 4.69) is 93.7 Å². The number of nitrogens with zero attached hydrogens (tertiary/aromatic N) is 3. The second kappa shape index (κ2) is 8.74. The number of para-hydroxylation sites is 1. The van der Waals surface area contributed by atoms with Crippen molar-refractivity contribution in [2.45, 2.75) is 19.5 Å². The van der Waals surface area contributed by atoms with Gasteiger partial charge in [-0.3, -0.25) is 9.88 Å². The molecule has 0 saturated heterocycles. The van der Waals surface area contributed by atoms with E-state index in [1.807, 2.05) is 24.5 Å². The second-order valence-electron chi connectivity index (χ2n) is 9.60. The standard InChI is InChI=1S/C32H26N4/c1-2-6-23(7-3-1)28-18-25-19-33-16-14-29(25)35-32(28)24-12-10-22(11-13-24)20-36-17-15-27-26-8-4-5-9-30(26)34-31(27)21-36/h1-14,16,18-19,34H,15,17,20-21H2. The van der Waals surface area contributed by atoms with Gasteiger partial charge in [0, 0.05) is 65.1 Å². The Balaban J connectivity index is 1.18. The average Bonchev–Trinajstić information content (AvgIpc) is 3.31. The van der Waals surface area contributed by atoms with Gasteiger partial charge in [-0.15, -0.1) is 0 Å². The number of aromatic nitrogens is 3. The molecular weight excluding hydrogens is 440 g/mol. The van der Waals surface area contributed by atoms with Gasteiger partial charge in [-0.1, -0.05) is 72.8 Å². The van der Waals surface area contributed by atoms with Crippen LogP contribution in [-0.2, 0) is 19.5 Å². The molecular formula is C32H26N4. The number of pyridine rings is 2. The van der Waals surface area contributed by atoms with E-state index in [0.717, 1.165) is 59.3 Å². The molecule has 174 valence electrons. The van der Waals surface area contributed by atoms with E-state index >= 15 is 0 Å². The lowest BCUT2D eigenvalue weighted by atomic mass is 9.97. The van der Waals surface area contributed by atoms with Gasteiger partial charge in [0.25, 0.3) is 0 Å². The molecule has 4 heteroatoms. The normalized spacial score (nSPS) is 13.8. The minimum absolute atomic E-state index is 0.942. The number of nitrogens with one attached hydrogen (secondary N) is 1. The quantitative estimate of drug-likeness (QED) is 0.304. The number of benzene rings is 3. The third-order valence-electron chi connectivity index (χ3n) is 7.30. The van der Waals surface area contributed by atoms with Crippen molar-refractivity contribution in [3.05, 3.63) is 120 Å². The van der Waals surface area contributed by atoms with E-state index in [-0.39, 0.29) is 0 Å². The van der Waals surface area contributed by atoms with E-state index in [0.29, 0.717) is 0 Å². The molecule has 4 nitrogen and oxygen atoms in total. The van der Waals surface area contributed by atoms with Gasteiger partial charge in [-0.25, -0.2) is 4.98 Å². The lowest BCUT2D eigenvalue weighted by Gasteiger charge is -2.27. The van der Waals surface area contributed by atoms with Gasteiger partial charge in [-0.05, 0) is 41.3 Å². The van der Waals surface area contributed by atoms with Crippen LogP contribution in [0.2, 0.25) is 0 Å². The minimum Gasteiger partial charge on any atom is -0.357 e. The number of fused-ring (bicyclic) bond motifs is 4. The summed E-state index contributed by atoms with van der Waals surface area (Å²) in [6.07, 6.45) is 4.79. The Morgan fingerprint density at radius 2 is 1.67 bits per heavy atom. The number of H-pyrrole nitrogens is 1. The number of hydrogen-bond donors (Lipinski definition) is 1. The van der Waals surface area contributed by atoms with Crippen LogP contribution in [0.1, 0.15) is 16.8 Å².